The molecular weight excluding hydrogens is 350 g/mol. The minimum atomic E-state index is -0.148. The summed E-state index contributed by atoms with van der Waals surface area (Å²) in [5.74, 6) is 0.194. The fraction of sp³-hybridized carbons (Fsp3) is 0.200. The van der Waals surface area contributed by atoms with Crippen LogP contribution in [0.5, 0.6) is 0 Å². The highest BCUT2D eigenvalue weighted by atomic mass is 35.5. The molecule has 1 atom stereocenters. The Hall–Kier alpha value is -2.63. The fourth-order valence-corrected chi connectivity index (χ4v) is 2.79. The highest BCUT2D eigenvalue weighted by molar-refractivity contribution is 6.30. The van der Waals surface area contributed by atoms with Gasteiger partial charge in [-0.1, -0.05) is 58.7 Å². The van der Waals surface area contributed by atoms with E-state index in [4.69, 9.17) is 16.1 Å². The van der Waals surface area contributed by atoms with E-state index in [1.165, 1.54) is 5.56 Å². The molecule has 134 valence electrons. The van der Waals surface area contributed by atoms with Gasteiger partial charge in [0.05, 0.1) is 0 Å². The number of quaternary nitrogens is 1. The number of carbonyl (C=O) groups is 1. The lowest BCUT2D eigenvalue weighted by molar-refractivity contribution is -0.682. The van der Waals surface area contributed by atoms with Crippen molar-refractivity contribution < 1.29 is 14.6 Å². The Morgan fingerprint density at radius 1 is 1.23 bits per heavy atom. The summed E-state index contributed by atoms with van der Waals surface area (Å²) < 4.78 is 5.21. The van der Waals surface area contributed by atoms with E-state index in [-0.39, 0.29) is 18.5 Å². The van der Waals surface area contributed by atoms with Gasteiger partial charge in [0, 0.05) is 22.2 Å². The number of rotatable bonds is 6. The maximum Gasteiger partial charge on any atom is 0.281 e. The van der Waals surface area contributed by atoms with Gasteiger partial charge in [0.15, 0.2) is 6.54 Å². The predicted molar refractivity (Wildman–Crippen MR) is 102 cm³/mol. The number of aryl methyl sites for hydroxylation is 1. The van der Waals surface area contributed by atoms with Crippen molar-refractivity contribution in [1.29, 1.82) is 0 Å². The lowest BCUT2D eigenvalue weighted by Crippen LogP contribution is -2.86. The molecule has 3 rings (SSSR count). The van der Waals surface area contributed by atoms with E-state index in [0.717, 1.165) is 11.1 Å². The minimum absolute atomic E-state index is 0.122. The van der Waals surface area contributed by atoms with Crippen LogP contribution < -0.4 is 10.6 Å². The van der Waals surface area contributed by atoms with Crippen LogP contribution in [0.15, 0.2) is 59.1 Å². The molecule has 0 aliphatic rings. The number of carbonyl (C=O) groups excluding carboxylic acids is 1. The number of anilines is 1. The average molecular weight is 371 g/mol. The van der Waals surface area contributed by atoms with E-state index in [2.05, 4.69) is 10.5 Å². The van der Waals surface area contributed by atoms with Gasteiger partial charge in [-0.25, -0.2) is 0 Å². The number of aromatic nitrogens is 1. The van der Waals surface area contributed by atoms with Gasteiger partial charge in [-0.3, -0.25) is 10.1 Å². The molecule has 0 saturated heterocycles. The smallest absolute Gasteiger partial charge is 0.281 e. The number of hydrogen-bond acceptors (Lipinski definition) is 3. The van der Waals surface area contributed by atoms with Crippen molar-refractivity contribution in [2.75, 3.05) is 11.9 Å². The van der Waals surface area contributed by atoms with Crippen LogP contribution in [0.25, 0.3) is 11.3 Å². The normalized spacial score (nSPS) is 12.0. The second-order valence-electron chi connectivity index (χ2n) is 6.27. The quantitative estimate of drug-likeness (QED) is 0.696. The van der Waals surface area contributed by atoms with E-state index in [9.17, 15) is 4.79 Å². The number of amides is 1. The number of nitrogens with zero attached hydrogens (tertiary/aromatic N) is 1. The van der Waals surface area contributed by atoms with Gasteiger partial charge >= 0.3 is 0 Å². The molecule has 0 bridgehead atoms. The lowest BCUT2D eigenvalue weighted by atomic mass is 10.1. The number of nitrogens with one attached hydrogen (secondary N) is 1. The van der Waals surface area contributed by atoms with Crippen LogP contribution in [0.2, 0.25) is 5.02 Å². The summed E-state index contributed by atoms with van der Waals surface area (Å²) in [4.78, 5) is 12.1. The highest BCUT2D eigenvalue weighted by Crippen LogP contribution is 2.22. The fourth-order valence-electron chi connectivity index (χ4n) is 2.59. The van der Waals surface area contributed by atoms with Crippen molar-refractivity contribution in [1.82, 2.24) is 5.16 Å². The third-order valence-corrected chi connectivity index (χ3v) is 4.39. The molecule has 6 heteroatoms. The number of halogens is 1. The molecule has 3 N–H and O–H groups in total. The molecule has 0 aliphatic carbocycles. The predicted octanol–water partition coefficient (Wildman–Crippen LogP) is 3.57. The Kier molecular flexibility index (Phi) is 5.71. The SMILES string of the molecule is Cc1ccc(-c2cc(NC(=O)C[NH2+][C@H](C)c3cccc(Cl)c3)on2)cc1. The second kappa shape index (κ2) is 8.17. The van der Waals surface area contributed by atoms with E-state index in [1.807, 2.05) is 67.7 Å². The number of hydrogen-bond donors (Lipinski definition) is 2. The molecule has 0 unspecified atom stereocenters. The van der Waals surface area contributed by atoms with Crippen molar-refractivity contribution in [3.63, 3.8) is 0 Å². The van der Waals surface area contributed by atoms with Crippen LogP contribution in [-0.4, -0.2) is 17.6 Å². The summed E-state index contributed by atoms with van der Waals surface area (Å²) in [6.45, 7) is 4.33. The van der Waals surface area contributed by atoms with Crippen molar-refractivity contribution in [2.45, 2.75) is 19.9 Å². The van der Waals surface area contributed by atoms with E-state index >= 15 is 0 Å². The van der Waals surface area contributed by atoms with E-state index in [1.54, 1.807) is 6.07 Å². The molecule has 1 amide bonds. The number of nitrogens with two attached hydrogens (primary N) is 1. The van der Waals surface area contributed by atoms with Crippen molar-refractivity contribution in [2.24, 2.45) is 0 Å². The van der Waals surface area contributed by atoms with Crippen LogP contribution in [0.4, 0.5) is 5.88 Å². The van der Waals surface area contributed by atoms with Crippen LogP contribution >= 0.6 is 11.6 Å². The van der Waals surface area contributed by atoms with Gasteiger partial charge in [0.1, 0.15) is 11.7 Å². The molecule has 0 fully saturated rings. The summed E-state index contributed by atoms with van der Waals surface area (Å²) in [7, 11) is 0. The van der Waals surface area contributed by atoms with Crippen LogP contribution in [0, 0.1) is 6.92 Å². The minimum Gasteiger partial charge on any atom is -0.338 e. The molecule has 0 saturated carbocycles. The summed E-state index contributed by atoms with van der Waals surface area (Å²) in [5.41, 5.74) is 3.89. The first kappa shape index (κ1) is 18.2. The monoisotopic (exact) mass is 370 g/mol. The Morgan fingerprint density at radius 2 is 2.00 bits per heavy atom. The molecule has 3 aromatic rings. The Morgan fingerprint density at radius 3 is 2.73 bits per heavy atom. The summed E-state index contributed by atoms with van der Waals surface area (Å²) in [5, 5.41) is 9.38. The Labute approximate surface area is 157 Å². The van der Waals surface area contributed by atoms with Gasteiger partial charge < -0.3 is 9.84 Å². The first-order chi connectivity index (χ1) is 12.5. The average Bonchev–Trinajstić information content (AvgIpc) is 3.08. The second-order valence-corrected chi connectivity index (χ2v) is 6.71. The molecule has 1 heterocycles. The number of benzene rings is 2. The summed E-state index contributed by atoms with van der Waals surface area (Å²) in [6.07, 6.45) is 0. The molecule has 0 spiro atoms. The Balaban J connectivity index is 1.54. The highest BCUT2D eigenvalue weighted by Gasteiger charge is 2.14. The first-order valence-electron chi connectivity index (χ1n) is 8.43. The molecule has 0 radical (unpaired) electrons. The van der Waals surface area contributed by atoms with Crippen LogP contribution in [0.1, 0.15) is 24.1 Å². The van der Waals surface area contributed by atoms with Crippen molar-refractivity contribution >= 4 is 23.4 Å². The molecule has 1 aromatic heterocycles. The summed E-state index contributed by atoms with van der Waals surface area (Å²) in [6, 6.07) is 17.4. The lowest BCUT2D eigenvalue weighted by Gasteiger charge is -2.10. The van der Waals surface area contributed by atoms with Crippen molar-refractivity contribution in [3.8, 4) is 11.3 Å². The molecule has 26 heavy (non-hydrogen) atoms. The topological polar surface area (TPSA) is 71.7 Å². The maximum absolute atomic E-state index is 12.1. The standard InChI is InChI=1S/C20H20ClN3O2/c1-13-6-8-15(9-7-13)18-11-20(26-24-18)23-19(25)12-22-14(2)16-4-3-5-17(21)10-16/h3-11,14,22H,12H2,1-2H3,(H,23,25)/p+1/t14-/m1/s1. The zero-order valence-electron chi connectivity index (χ0n) is 14.7. The zero-order valence-corrected chi connectivity index (χ0v) is 15.5. The zero-order chi connectivity index (χ0) is 18.5. The first-order valence-corrected chi connectivity index (χ1v) is 8.81. The molecule has 0 aliphatic heterocycles. The van der Waals surface area contributed by atoms with Gasteiger partial charge in [-0.2, -0.15) is 0 Å². The van der Waals surface area contributed by atoms with Crippen molar-refractivity contribution in [3.05, 3.63) is 70.7 Å². The van der Waals surface area contributed by atoms with Crippen LogP contribution in [0.3, 0.4) is 0 Å². The summed E-state index contributed by atoms with van der Waals surface area (Å²) >= 11 is 6.01. The Bertz CT molecular complexity index is 890. The van der Waals surface area contributed by atoms with E-state index in [0.29, 0.717) is 16.6 Å². The largest absolute Gasteiger partial charge is 0.338 e. The van der Waals surface area contributed by atoms with Gasteiger partial charge in [0.25, 0.3) is 5.91 Å². The van der Waals surface area contributed by atoms with E-state index < -0.39 is 0 Å². The molecular formula is C20H21ClN3O2+. The third-order valence-electron chi connectivity index (χ3n) is 4.15. The molecule has 5 nitrogen and oxygen atoms in total. The third kappa shape index (κ3) is 4.71. The van der Waals surface area contributed by atoms with Gasteiger partial charge in [0.2, 0.25) is 5.88 Å². The maximum atomic E-state index is 12.1. The van der Waals surface area contributed by atoms with Crippen LogP contribution in [-0.2, 0) is 4.79 Å². The van der Waals surface area contributed by atoms with Gasteiger partial charge in [-0.15, -0.1) is 0 Å². The van der Waals surface area contributed by atoms with Gasteiger partial charge in [-0.05, 0) is 26.0 Å². The molecule has 2 aromatic carbocycles.